The third-order valence-electron chi connectivity index (χ3n) is 4.11. The zero-order valence-electron chi connectivity index (χ0n) is 11.4. The first-order chi connectivity index (χ1) is 8.55. The summed E-state index contributed by atoms with van der Waals surface area (Å²) in [5.74, 6) is 0.680. The van der Waals surface area contributed by atoms with Crippen LogP contribution in [0.5, 0.6) is 0 Å². The SMILES string of the molecule is CCc1ccc(C(=O)C2(N)CCCC(C)C2)cc1. The zero-order chi connectivity index (χ0) is 13.2. The molecule has 1 aromatic carbocycles. The summed E-state index contributed by atoms with van der Waals surface area (Å²) in [6.45, 7) is 4.30. The Kier molecular flexibility index (Phi) is 3.86. The number of Topliss-reactive ketones (excluding diaryl/α,β-unsaturated/α-hetero) is 1. The number of aryl methyl sites for hydroxylation is 1. The molecular formula is C16H23NO. The van der Waals surface area contributed by atoms with Gasteiger partial charge in [0.2, 0.25) is 0 Å². The van der Waals surface area contributed by atoms with Crippen LogP contribution in [0.25, 0.3) is 0 Å². The Morgan fingerprint density at radius 3 is 2.61 bits per heavy atom. The molecule has 1 aromatic rings. The molecule has 0 aromatic heterocycles. The molecule has 2 N–H and O–H groups in total. The van der Waals surface area contributed by atoms with E-state index in [2.05, 4.69) is 13.8 Å². The fourth-order valence-electron chi connectivity index (χ4n) is 2.98. The molecule has 98 valence electrons. The number of hydrogen-bond acceptors (Lipinski definition) is 2. The fraction of sp³-hybridized carbons (Fsp3) is 0.562. The molecule has 0 amide bonds. The molecule has 2 heteroatoms. The van der Waals surface area contributed by atoms with Gasteiger partial charge in [0.15, 0.2) is 5.78 Å². The Morgan fingerprint density at radius 2 is 2.06 bits per heavy atom. The standard InChI is InChI=1S/C16H23NO/c1-3-13-6-8-14(9-7-13)15(18)16(17)10-4-5-12(2)11-16/h6-9,12H,3-5,10-11,17H2,1-2H3. The molecule has 0 aliphatic heterocycles. The van der Waals surface area contributed by atoms with Crippen molar-refractivity contribution in [1.82, 2.24) is 0 Å². The molecule has 1 fully saturated rings. The average Bonchev–Trinajstić information content (AvgIpc) is 2.38. The number of carbonyl (C=O) groups is 1. The van der Waals surface area contributed by atoms with E-state index in [0.717, 1.165) is 31.2 Å². The van der Waals surface area contributed by atoms with Crippen LogP contribution < -0.4 is 5.73 Å². The molecule has 2 atom stereocenters. The summed E-state index contributed by atoms with van der Waals surface area (Å²) < 4.78 is 0. The van der Waals surface area contributed by atoms with Crippen LogP contribution in [0, 0.1) is 5.92 Å². The summed E-state index contributed by atoms with van der Waals surface area (Å²) in [4.78, 5) is 12.5. The molecule has 0 bridgehead atoms. The molecule has 1 aliphatic carbocycles. The number of ketones is 1. The van der Waals surface area contributed by atoms with Crippen molar-refractivity contribution in [1.29, 1.82) is 0 Å². The van der Waals surface area contributed by atoms with E-state index in [1.807, 2.05) is 24.3 Å². The van der Waals surface area contributed by atoms with Crippen LogP contribution in [-0.2, 0) is 6.42 Å². The lowest BCUT2D eigenvalue weighted by Crippen LogP contribution is -2.51. The van der Waals surface area contributed by atoms with Crippen LogP contribution in [-0.4, -0.2) is 11.3 Å². The van der Waals surface area contributed by atoms with Crippen molar-refractivity contribution in [2.75, 3.05) is 0 Å². The summed E-state index contributed by atoms with van der Waals surface area (Å²) in [7, 11) is 0. The van der Waals surface area contributed by atoms with Crippen LogP contribution in [0.3, 0.4) is 0 Å². The molecule has 1 aliphatic rings. The predicted octanol–water partition coefficient (Wildman–Crippen LogP) is 3.34. The van der Waals surface area contributed by atoms with Crippen molar-refractivity contribution < 1.29 is 4.79 Å². The Bertz CT molecular complexity index is 423. The number of benzene rings is 1. The fourth-order valence-corrected chi connectivity index (χ4v) is 2.98. The van der Waals surface area contributed by atoms with Gasteiger partial charge in [-0.05, 0) is 30.7 Å². The van der Waals surface area contributed by atoms with Gasteiger partial charge in [-0.15, -0.1) is 0 Å². The highest BCUT2D eigenvalue weighted by Gasteiger charge is 2.38. The van der Waals surface area contributed by atoms with Gasteiger partial charge in [0, 0.05) is 5.56 Å². The highest BCUT2D eigenvalue weighted by Crippen LogP contribution is 2.32. The van der Waals surface area contributed by atoms with Crippen LogP contribution in [0.4, 0.5) is 0 Å². The van der Waals surface area contributed by atoms with Gasteiger partial charge < -0.3 is 5.73 Å². The third-order valence-corrected chi connectivity index (χ3v) is 4.11. The quantitative estimate of drug-likeness (QED) is 0.830. The van der Waals surface area contributed by atoms with E-state index < -0.39 is 5.54 Å². The van der Waals surface area contributed by atoms with Crippen molar-refractivity contribution in [3.8, 4) is 0 Å². The van der Waals surface area contributed by atoms with E-state index in [4.69, 9.17) is 5.73 Å². The van der Waals surface area contributed by atoms with Gasteiger partial charge in [0.25, 0.3) is 0 Å². The van der Waals surface area contributed by atoms with Crippen LogP contribution in [0.1, 0.15) is 55.5 Å². The smallest absolute Gasteiger partial charge is 0.182 e. The molecular weight excluding hydrogens is 222 g/mol. The second kappa shape index (κ2) is 5.23. The normalized spacial score (nSPS) is 28.1. The first-order valence-electron chi connectivity index (χ1n) is 6.98. The van der Waals surface area contributed by atoms with Gasteiger partial charge in [0.05, 0.1) is 5.54 Å². The predicted molar refractivity (Wildman–Crippen MR) is 74.7 cm³/mol. The minimum atomic E-state index is -0.634. The largest absolute Gasteiger partial charge is 0.319 e. The Hall–Kier alpha value is -1.15. The molecule has 0 saturated heterocycles. The summed E-state index contributed by atoms with van der Waals surface area (Å²) in [6, 6.07) is 7.91. The lowest BCUT2D eigenvalue weighted by atomic mass is 9.73. The number of nitrogens with two attached hydrogens (primary N) is 1. The van der Waals surface area contributed by atoms with Gasteiger partial charge in [-0.1, -0.05) is 51.0 Å². The van der Waals surface area contributed by atoms with E-state index in [1.165, 1.54) is 12.0 Å². The van der Waals surface area contributed by atoms with Gasteiger partial charge in [0.1, 0.15) is 0 Å². The van der Waals surface area contributed by atoms with Gasteiger partial charge in [-0.3, -0.25) is 4.79 Å². The third kappa shape index (κ3) is 2.64. The maximum atomic E-state index is 12.5. The molecule has 0 heterocycles. The first-order valence-corrected chi connectivity index (χ1v) is 6.98. The van der Waals surface area contributed by atoms with E-state index in [0.29, 0.717) is 5.92 Å². The van der Waals surface area contributed by atoms with Crippen molar-refractivity contribution >= 4 is 5.78 Å². The monoisotopic (exact) mass is 245 g/mol. The van der Waals surface area contributed by atoms with E-state index in [-0.39, 0.29) is 5.78 Å². The maximum absolute atomic E-state index is 12.5. The molecule has 18 heavy (non-hydrogen) atoms. The number of carbonyl (C=O) groups excluding carboxylic acids is 1. The van der Waals surface area contributed by atoms with Crippen molar-refractivity contribution in [2.24, 2.45) is 11.7 Å². The van der Waals surface area contributed by atoms with Gasteiger partial charge in [-0.2, -0.15) is 0 Å². The number of rotatable bonds is 3. The van der Waals surface area contributed by atoms with Crippen LogP contribution in [0.15, 0.2) is 24.3 Å². The van der Waals surface area contributed by atoms with Crippen molar-refractivity contribution in [2.45, 2.75) is 51.5 Å². The minimum Gasteiger partial charge on any atom is -0.319 e. The van der Waals surface area contributed by atoms with Crippen LogP contribution >= 0.6 is 0 Å². The maximum Gasteiger partial charge on any atom is 0.182 e. The zero-order valence-corrected chi connectivity index (χ0v) is 11.4. The Labute approximate surface area is 110 Å². The highest BCUT2D eigenvalue weighted by molar-refractivity contribution is 6.03. The number of hydrogen-bond donors (Lipinski definition) is 1. The van der Waals surface area contributed by atoms with E-state index in [1.54, 1.807) is 0 Å². The van der Waals surface area contributed by atoms with Crippen LogP contribution in [0.2, 0.25) is 0 Å². The molecule has 2 rings (SSSR count). The summed E-state index contributed by atoms with van der Waals surface area (Å²) in [6.07, 6.45) is 4.91. The van der Waals surface area contributed by atoms with E-state index >= 15 is 0 Å². The topological polar surface area (TPSA) is 43.1 Å². The summed E-state index contributed by atoms with van der Waals surface area (Å²) in [5, 5.41) is 0. The molecule has 0 radical (unpaired) electrons. The van der Waals surface area contributed by atoms with Gasteiger partial charge >= 0.3 is 0 Å². The second-order valence-electron chi connectivity index (χ2n) is 5.74. The van der Waals surface area contributed by atoms with Crippen molar-refractivity contribution in [3.63, 3.8) is 0 Å². The first kappa shape index (κ1) is 13.3. The highest BCUT2D eigenvalue weighted by atomic mass is 16.1. The molecule has 0 spiro atoms. The second-order valence-corrected chi connectivity index (χ2v) is 5.74. The lowest BCUT2D eigenvalue weighted by molar-refractivity contribution is 0.0819. The Morgan fingerprint density at radius 1 is 1.39 bits per heavy atom. The Balaban J connectivity index is 2.18. The average molecular weight is 245 g/mol. The minimum absolute atomic E-state index is 0.122. The molecule has 2 nitrogen and oxygen atoms in total. The summed E-state index contributed by atoms with van der Waals surface area (Å²) >= 11 is 0. The summed E-state index contributed by atoms with van der Waals surface area (Å²) in [5.41, 5.74) is 7.74. The van der Waals surface area contributed by atoms with Gasteiger partial charge in [-0.25, -0.2) is 0 Å². The lowest BCUT2D eigenvalue weighted by Gasteiger charge is -2.35. The van der Waals surface area contributed by atoms with E-state index in [9.17, 15) is 4.79 Å². The molecule has 2 unspecified atom stereocenters. The van der Waals surface area contributed by atoms with Crippen molar-refractivity contribution in [3.05, 3.63) is 35.4 Å². The molecule has 1 saturated carbocycles.